The second kappa shape index (κ2) is 1.74. The quantitative estimate of drug-likeness (QED) is 0.478. The molecule has 1 aromatic rings. The Labute approximate surface area is 48.1 Å². The van der Waals surface area contributed by atoms with Gasteiger partial charge < -0.3 is 11.5 Å². The minimum Gasteiger partial charge on any atom is -0.397 e. The number of benzene rings is 1. The highest BCUT2D eigenvalue weighted by Crippen LogP contribution is 2.09. The minimum atomic E-state index is 0.521. The van der Waals surface area contributed by atoms with Crippen LogP contribution in [0.3, 0.4) is 0 Å². The third kappa shape index (κ3) is 0.729. The smallest absolute Gasteiger partial charge is 0.0628 e. The van der Waals surface area contributed by atoms with Crippen molar-refractivity contribution in [1.82, 2.24) is 0 Å². The molecule has 0 aliphatic carbocycles. The minimum absolute atomic E-state index is 0.521. The zero-order valence-corrected chi connectivity index (χ0v) is 4.39. The molecule has 4 N–H and O–H groups in total. The first-order valence-corrected chi connectivity index (χ1v) is 2.32. The Morgan fingerprint density at radius 2 is 2.12 bits per heavy atom. The van der Waals surface area contributed by atoms with Gasteiger partial charge in [-0.2, -0.15) is 0 Å². The Hall–Kier alpha value is -1.18. The van der Waals surface area contributed by atoms with Crippen molar-refractivity contribution in [1.29, 1.82) is 0 Å². The van der Waals surface area contributed by atoms with Crippen LogP contribution in [0.25, 0.3) is 0 Å². The molecule has 0 fully saturated rings. The van der Waals surface area contributed by atoms with Gasteiger partial charge in [0.25, 0.3) is 0 Å². The SMILES string of the molecule is Nc1[c]cccc1N. The summed E-state index contributed by atoms with van der Waals surface area (Å²) in [6.07, 6.45) is 0. The molecular formula is C6H7N2. The van der Waals surface area contributed by atoms with Gasteiger partial charge in [0.05, 0.1) is 11.4 Å². The normalized spacial score (nSPS) is 9.00. The average Bonchev–Trinajstić information content (AvgIpc) is 1.77. The van der Waals surface area contributed by atoms with Crippen LogP contribution in [0.5, 0.6) is 0 Å². The molecule has 0 amide bonds. The van der Waals surface area contributed by atoms with Crippen LogP contribution < -0.4 is 11.5 Å². The molecule has 0 aromatic heterocycles. The van der Waals surface area contributed by atoms with Crippen molar-refractivity contribution in [3.8, 4) is 0 Å². The number of nitrogens with two attached hydrogens (primary N) is 2. The Bertz CT molecular complexity index is 163. The highest BCUT2D eigenvalue weighted by Gasteiger charge is 1.86. The topological polar surface area (TPSA) is 52.0 Å². The molecule has 8 heavy (non-hydrogen) atoms. The van der Waals surface area contributed by atoms with Crippen molar-refractivity contribution in [3.05, 3.63) is 24.3 Å². The second-order valence-electron chi connectivity index (χ2n) is 1.54. The molecule has 1 rings (SSSR count). The van der Waals surface area contributed by atoms with Gasteiger partial charge in [0.2, 0.25) is 0 Å². The third-order valence-corrected chi connectivity index (χ3v) is 0.922. The van der Waals surface area contributed by atoms with Crippen molar-refractivity contribution < 1.29 is 0 Å². The monoisotopic (exact) mass is 107 g/mol. The van der Waals surface area contributed by atoms with Crippen molar-refractivity contribution in [2.45, 2.75) is 0 Å². The van der Waals surface area contributed by atoms with E-state index in [0.717, 1.165) is 0 Å². The summed E-state index contributed by atoms with van der Waals surface area (Å²) in [4.78, 5) is 0. The Morgan fingerprint density at radius 1 is 1.38 bits per heavy atom. The van der Waals surface area contributed by atoms with Crippen LogP contribution in [-0.4, -0.2) is 0 Å². The maximum Gasteiger partial charge on any atom is 0.0628 e. The Balaban J connectivity index is 3.13. The largest absolute Gasteiger partial charge is 0.397 e. The van der Waals surface area contributed by atoms with Crippen LogP contribution in [0.15, 0.2) is 18.2 Å². The number of para-hydroxylation sites is 1. The van der Waals surface area contributed by atoms with Crippen molar-refractivity contribution in [2.75, 3.05) is 11.5 Å². The molecule has 0 spiro atoms. The van der Waals surface area contributed by atoms with Gasteiger partial charge in [0.15, 0.2) is 0 Å². The fourth-order valence-corrected chi connectivity index (χ4v) is 0.463. The number of rotatable bonds is 0. The molecule has 1 aromatic carbocycles. The fraction of sp³-hybridized carbons (Fsp3) is 0. The highest BCUT2D eigenvalue weighted by molar-refractivity contribution is 5.61. The maximum atomic E-state index is 5.36. The highest BCUT2D eigenvalue weighted by atomic mass is 14.7. The summed E-state index contributed by atoms with van der Waals surface area (Å²) in [5.41, 5.74) is 11.8. The first-order valence-electron chi connectivity index (χ1n) is 2.32. The van der Waals surface area contributed by atoms with Gasteiger partial charge in [-0.3, -0.25) is 0 Å². The van der Waals surface area contributed by atoms with E-state index in [-0.39, 0.29) is 0 Å². The van der Waals surface area contributed by atoms with Gasteiger partial charge in [-0.25, -0.2) is 0 Å². The van der Waals surface area contributed by atoms with E-state index < -0.39 is 0 Å². The predicted molar refractivity (Wildman–Crippen MR) is 34.1 cm³/mol. The van der Waals surface area contributed by atoms with E-state index in [0.29, 0.717) is 11.4 Å². The van der Waals surface area contributed by atoms with E-state index in [1.165, 1.54) is 0 Å². The van der Waals surface area contributed by atoms with E-state index in [2.05, 4.69) is 6.07 Å². The lowest BCUT2D eigenvalue weighted by molar-refractivity contribution is 1.65. The summed E-state index contributed by atoms with van der Waals surface area (Å²) < 4.78 is 0. The van der Waals surface area contributed by atoms with Gasteiger partial charge in [0, 0.05) is 6.07 Å². The van der Waals surface area contributed by atoms with Crippen LogP contribution in [0, 0.1) is 6.07 Å². The summed E-state index contributed by atoms with van der Waals surface area (Å²) in [6.45, 7) is 0. The van der Waals surface area contributed by atoms with Crippen LogP contribution in [0.2, 0.25) is 0 Å². The molecule has 41 valence electrons. The lowest BCUT2D eigenvalue weighted by Gasteiger charge is -1.93. The summed E-state index contributed by atoms with van der Waals surface area (Å²) in [5.74, 6) is 0. The first kappa shape index (κ1) is 4.97. The summed E-state index contributed by atoms with van der Waals surface area (Å²) in [5, 5.41) is 0. The van der Waals surface area contributed by atoms with E-state index in [9.17, 15) is 0 Å². The van der Waals surface area contributed by atoms with Crippen molar-refractivity contribution in [3.63, 3.8) is 0 Å². The van der Waals surface area contributed by atoms with Crippen LogP contribution >= 0.6 is 0 Å². The standard InChI is InChI=1S/C6H7N2/c7-5-3-1-2-4-6(5)8/h1-3H,7-8H2. The van der Waals surface area contributed by atoms with E-state index in [4.69, 9.17) is 11.5 Å². The molecule has 0 saturated heterocycles. The molecule has 0 heterocycles. The molecule has 0 saturated carbocycles. The number of nitrogen functional groups attached to an aromatic ring is 2. The molecular weight excluding hydrogens is 100 g/mol. The molecule has 1 radical (unpaired) electrons. The maximum absolute atomic E-state index is 5.36. The zero-order valence-electron chi connectivity index (χ0n) is 4.39. The van der Waals surface area contributed by atoms with Crippen LogP contribution in [0.4, 0.5) is 11.4 Å². The van der Waals surface area contributed by atoms with Gasteiger partial charge in [-0.1, -0.05) is 12.1 Å². The summed E-state index contributed by atoms with van der Waals surface area (Å²) in [6, 6.07) is 8.02. The van der Waals surface area contributed by atoms with Gasteiger partial charge >= 0.3 is 0 Å². The van der Waals surface area contributed by atoms with E-state index in [1.54, 1.807) is 18.2 Å². The Morgan fingerprint density at radius 3 is 2.50 bits per heavy atom. The number of hydrogen-bond acceptors (Lipinski definition) is 2. The molecule has 2 nitrogen and oxygen atoms in total. The van der Waals surface area contributed by atoms with Gasteiger partial charge in [0.1, 0.15) is 0 Å². The van der Waals surface area contributed by atoms with E-state index >= 15 is 0 Å². The molecule has 0 aliphatic heterocycles. The average molecular weight is 107 g/mol. The zero-order chi connectivity index (χ0) is 5.98. The molecule has 0 aliphatic rings. The van der Waals surface area contributed by atoms with Gasteiger partial charge in [-0.15, -0.1) is 0 Å². The van der Waals surface area contributed by atoms with Crippen LogP contribution in [0.1, 0.15) is 0 Å². The predicted octanol–water partition coefficient (Wildman–Crippen LogP) is 0.651. The molecule has 2 heteroatoms. The van der Waals surface area contributed by atoms with Gasteiger partial charge in [-0.05, 0) is 6.07 Å². The molecule has 0 atom stereocenters. The Kier molecular flexibility index (Phi) is 1.08. The fourth-order valence-electron chi connectivity index (χ4n) is 0.463. The lowest BCUT2D eigenvalue weighted by Crippen LogP contribution is -1.92. The molecule has 0 unspecified atom stereocenters. The first-order chi connectivity index (χ1) is 3.80. The van der Waals surface area contributed by atoms with E-state index in [1.807, 2.05) is 0 Å². The van der Waals surface area contributed by atoms with Crippen molar-refractivity contribution in [2.24, 2.45) is 0 Å². The molecule has 0 bridgehead atoms. The van der Waals surface area contributed by atoms with Crippen LogP contribution in [-0.2, 0) is 0 Å². The third-order valence-electron chi connectivity index (χ3n) is 0.922. The lowest BCUT2D eigenvalue weighted by atomic mass is 10.3. The second-order valence-corrected chi connectivity index (χ2v) is 1.54. The summed E-state index contributed by atoms with van der Waals surface area (Å²) in [7, 11) is 0. The van der Waals surface area contributed by atoms with Crippen molar-refractivity contribution >= 4 is 11.4 Å². The number of anilines is 2. The number of hydrogen-bond donors (Lipinski definition) is 2. The summed E-state index contributed by atoms with van der Waals surface area (Å²) >= 11 is 0.